The molecule has 1 aliphatic heterocycles. The molecular formula is C30H10BF15N-. The fourth-order valence-electron chi connectivity index (χ4n) is 5.49. The van der Waals surface area contributed by atoms with Crippen LogP contribution in [0, 0.1) is 87.3 Å². The summed E-state index contributed by atoms with van der Waals surface area (Å²) >= 11 is 0. The van der Waals surface area contributed by atoms with Crippen molar-refractivity contribution in [3.63, 3.8) is 0 Å². The van der Waals surface area contributed by atoms with Gasteiger partial charge in [-0.25, -0.2) is 71.8 Å². The molecule has 0 atom stereocenters. The number of allylic oxidation sites excluding steroid dienone is 2. The molecule has 0 N–H and O–H groups in total. The zero-order valence-corrected chi connectivity index (χ0v) is 22.5. The van der Waals surface area contributed by atoms with Crippen molar-refractivity contribution in [1.82, 2.24) is 0 Å². The van der Waals surface area contributed by atoms with Crippen molar-refractivity contribution in [3.05, 3.63) is 141 Å². The second-order valence-corrected chi connectivity index (χ2v) is 9.96. The highest BCUT2D eigenvalue weighted by molar-refractivity contribution is 7.15. The van der Waals surface area contributed by atoms with Crippen LogP contribution in [-0.2, 0) is 0 Å². The zero-order valence-electron chi connectivity index (χ0n) is 22.5. The van der Waals surface area contributed by atoms with Crippen LogP contribution in [0.2, 0.25) is 0 Å². The number of hydrogen-bond acceptors (Lipinski definition) is 1. The monoisotopic (exact) mass is 680 g/mol. The standard InChI is InChI=1S/C30H10BF15N/c32-16-13(17(33)23(39)28(44)22(16)38)31(14-18(34)24(40)29(45)25(41)19(14)35,15-20(36)26(42)30(46)27(43)21(15)37)9-11(12-7-4-8-47-12)10-5-2-1-3-6-10/h1-7,9H,8H2/q-1/b11-9-. The number of benzene rings is 4. The van der Waals surface area contributed by atoms with Crippen molar-refractivity contribution >= 4 is 33.8 Å². The molecule has 244 valence electrons. The van der Waals surface area contributed by atoms with Crippen LogP contribution in [-0.4, -0.2) is 18.4 Å². The Kier molecular flexibility index (Phi) is 8.53. The minimum Gasteiger partial charge on any atom is -0.281 e. The Labute approximate surface area is 252 Å². The summed E-state index contributed by atoms with van der Waals surface area (Å²) in [6.07, 6.45) is -3.59. The van der Waals surface area contributed by atoms with Crippen LogP contribution in [0.25, 0.3) is 5.57 Å². The molecule has 47 heavy (non-hydrogen) atoms. The first-order valence-electron chi connectivity index (χ1n) is 12.8. The number of aliphatic imine (C=N–C) groups is 1. The van der Waals surface area contributed by atoms with Crippen molar-refractivity contribution in [3.8, 4) is 0 Å². The first-order chi connectivity index (χ1) is 22.1. The highest BCUT2D eigenvalue weighted by Gasteiger charge is 2.47. The molecule has 17 heteroatoms. The Morgan fingerprint density at radius 1 is 0.468 bits per heavy atom. The van der Waals surface area contributed by atoms with Crippen molar-refractivity contribution in [2.75, 3.05) is 6.54 Å². The van der Waals surface area contributed by atoms with E-state index in [1.807, 2.05) is 0 Å². The minimum absolute atomic E-state index is 0.0986. The molecule has 4 aromatic rings. The zero-order chi connectivity index (χ0) is 34.7. The molecular weight excluding hydrogens is 670 g/mol. The molecule has 0 aliphatic carbocycles. The van der Waals surface area contributed by atoms with Gasteiger partial charge in [-0.15, -0.1) is 16.4 Å². The van der Waals surface area contributed by atoms with Crippen molar-refractivity contribution < 1.29 is 65.9 Å². The van der Waals surface area contributed by atoms with E-state index in [1.165, 1.54) is 24.3 Å². The van der Waals surface area contributed by atoms with Gasteiger partial charge in [0, 0.05) is 0 Å². The second-order valence-electron chi connectivity index (χ2n) is 9.96. The van der Waals surface area contributed by atoms with E-state index in [9.17, 15) is 39.5 Å². The Morgan fingerprint density at radius 3 is 1.09 bits per heavy atom. The topological polar surface area (TPSA) is 12.4 Å². The number of halogens is 15. The largest absolute Gasteiger partial charge is 0.281 e. The third kappa shape index (κ3) is 4.90. The van der Waals surface area contributed by atoms with E-state index in [2.05, 4.69) is 4.99 Å². The van der Waals surface area contributed by atoms with E-state index in [1.54, 1.807) is 0 Å². The smallest absolute Gasteiger partial charge is 0.200 e. The molecule has 1 aliphatic rings. The van der Waals surface area contributed by atoms with Crippen LogP contribution in [0.4, 0.5) is 65.9 Å². The van der Waals surface area contributed by atoms with Gasteiger partial charge >= 0.3 is 0 Å². The molecule has 0 spiro atoms. The molecule has 0 saturated heterocycles. The van der Waals surface area contributed by atoms with Gasteiger partial charge in [-0.2, -0.15) is 0 Å². The summed E-state index contributed by atoms with van der Waals surface area (Å²) in [4.78, 5) is 3.92. The van der Waals surface area contributed by atoms with Crippen molar-refractivity contribution in [2.45, 2.75) is 0 Å². The predicted molar refractivity (Wildman–Crippen MR) is 139 cm³/mol. The lowest BCUT2D eigenvalue weighted by atomic mass is 9.14. The first-order valence-corrected chi connectivity index (χ1v) is 12.8. The molecule has 1 nitrogen and oxygen atoms in total. The lowest BCUT2D eigenvalue weighted by Gasteiger charge is -2.42. The van der Waals surface area contributed by atoms with Gasteiger partial charge < -0.3 is 0 Å². The fraction of sp³-hybridized carbons (Fsp3) is 0.0333. The Bertz CT molecular complexity index is 1820. The lowest BCUT2D eigenvalue weighted by Crippen LogP contribution is -2.72. The Hall–Kier alpha value is -4.96. The molecule has 5 rings (SSSR count). The summed E-state index contributed by atoms with van der Waals surface area (Å²) in [5, 5.41) is 0. The van der Waals surface area contributed by atoms with E-state index in [0.29, 0.717) is 0 Å². The van der Waals surface area contributed by atoms with E-state index >= 15 is 26.3 Å². The Morgan fingerprint density at radius 2 is 0.787 bits per heavy atom. The molecule has 0 amide bonds. The van der Waals surface area contributed by atoms with Crippen LogP contribution in [0.1, 0.15) is 5.56 Å². The summed E-state index contributed by atoms with van der Waals surface area (Å²) in [5.74, 6) is -46.0. The van der Waals surface area contributed by atoms with E-state index in [0.717, 1.165) is 18.2 Å². The van der Waals surface area contributed by atoms with E-state index in [4.69, 9.17) is 0 Å². The summed E-state index contributed by atoms with van der Waals surface area (Å²) in [7, 11) is 0. The third-order valence-electron chi connectivity index (χ3n) is 7.52. The summed E-state index contributed by atoms with van der Waals surface area (Å²) in [6.45, 7) is -0.229. The third-order valence-corrected chi connectivity index (χ3v) is 7.52. The van der Waals surface area contributed by atoms with Gasteiger partial charge in [-0.1, -0.05) is 36.4 Å². The minimum atomic E-state index is -5.89. The summed E-state index contributed by atoms with van der Waals surface area (Å²) < 4.78 is 226. The van der Waals surface area contributed by atoms with Gasteiger partial charge in [-0.3, -0.25) is 4.99 Å². The van der Waals surface area contributed by atoms with E-state index < -0.39 is 121 Å². The SMILES string of the molecule is Fc1c(F)c(F)c([B-](/C=C(\C2=NCC=C2)c2ccccc2)(c2c(F)c(F)c(F)c(F)c2F)c2c(F)c(F)c(F)c(F)c2F)c(F)c1F. The number of hydrogen-bond donors (Lipinski definition) is 0. The molecule has 0 unspecified atom stereocenters. The molecule has 0 aromatic heterocycles. The highest BCUT2D eigenvalue weighted by Crippen LogP contribution is 2.31. The Balaban J connectivity index is 2.25. The van der Waals surface area contributed by atoms with Crippen molar-refractivity contribution in [2.24, 2.45) is 4.99 Å². The lowest BCUT2D eigenvalue weighted by molar-refractivity contribution is 0.380. The van der Waals surface area contributed by atoms with Gasteiger partial charge in [0.2, 0.25) is 0 Å². The predicted octanol–water partition coefficient (Wildman–Crippen LogP) is 6.88. The first kappa shape index (κ1) is 33.4. The van der Waals surface area contributed by atoms with Crippen molar-refractivity contribution in [1.29, 1.82) is 0 Å². The molecule has 0 radical (unpaired) electrons. The van der Waals surface area contributed by atoms with Crippen LogP contribution in [0.15, 0.2) is 53.5 Å². The van der Waals surface area contributed by atoms with Gasteiger partial charge in [0.15, 0.2) is 52.4 Å². The van der Waals surface area contributed by atoms with E-state index in [-0.39, 0.29) is 18.1 Å². The van der Waals surface area contributed by atoms with Gasteiger partial charge in [0.05, 0.1) is 12.3 Å². The normalized spacial score (nSPS) is 13.5. The number of nitrogens with zero attached hydrogens (tertiary/aromatic N) is 1. The quantitative estimate of drug-likeness (QED) is 0.0913. The molecule has 0 bridgehead atoms. The molecule has 0 saturated carbocycles. The maximum Gasteiger partial charge on any atom is 0.200 e. The van der Waals surface area contributed by atoms with Crippen LogP contribution >= 0.6 is 0 Å². The maximum absolute atomic E-state index is 15.8. The van der Waals surface area contributed by atoms with Crippen LogP contribution in [0.3, 0.4) is 0 Å². The average molecular weight is 680 g/mol. The fourth-order valence-corrected chi connectivity index (χ4v) is 5.49. The highest BCUT2D eigenvalue weighted by atomic mass is 19.2. The van der Waals surface area contributed by atoms with Gasteiger partial charge in [0.1, 0.15) is 41.0 Å². The van der Waals surface area contributed by atoms with Crippen LogP contribution < -0.4 is 16.4 Å². The summed E-state index contributed by atoms with van der Waals surface area (Å²) in [6, 6.07) is 5.93. The second kappa shape index (κ2) is 12.0. The van der Waals surface area contributed by atoms with Gasteiger partial charge in [0.25, 0.3) is 0 Å². The molecule has 4 aromatic carbocycles. The molecule has 0 fully saturated rings. The van der Waals surface area contributed by atoms with Gasteiger partial charge in [-0.05, 0) is 17.2 Å². The average Bonchev–Trinajstić information content (AvgIpc) is 3.60. The number of rotatable bonds is 6. The summed E-state index contributed by atoms with van der Waals surface area (Å²) in [5.41, 5.74) is -9.70. The molecule has 1 heterocycles. The maximum atomic E-state index is 15.8. The van der Waals surface area contributed by atoms with Crippen LogP contribution in [0.5, 0.6) is 0 Å².